The molecule has 0 saturated heterocycles. The van der Waals surface area contributed by atoms with Crippen molar-refractivity contribution in [3.8, 4) is 0 Å². The fourth-order valence-electron chi connectivity index (χ4n) is 1.24. The SMILES string of the molecule is O=C([O-])[C@@H](Sc1ncn[nH]1)c1ccccc1. The molecule has 0 unspecified atom stereocenters. The number of nitrogens with zero attached hydrogens (tertiary/aromatic N) is 2. The van der Waals surface area contributed by atoms with Gasteiger partial charge >= 0.3 is 0 Å². The highest BCUT2D eigenvalue weighted by Crippen LogP contribution is 2.32. The van der Waals surface area contributed by atoms with E-state index in [1.165, 1.54) is 6.33 Å². The van der Waals surface area contributed by atoms with E-state index < -0.39 is 11.2 Å². The van der Waals surface area contributed by atoms with Crippen LogP contribution in [0.1, 0.15) is 10.8 Å². The third-order valence-electron chi connectivity index (χ3n) is 1.94. The zero-order valence-corrected chi connectivity index (χ0v) is 8.98. The summed E-state index contributed by atoms with van der Waals surface area (Å²) in [6.07, 6.45) is 1.33. The summed E-state index contributed by atoms with van der Waals surface area (Å²) in [5.41, 5.74) is 0.670. The van der Waals surface area contributed by atoms with Crippen molar-refractivity contribution in [3.63, 3.8) is 0 Å². The molecule has 0 spiro atoms. The average Bonchev–Trinajstić information content (AvgIpc) is 2.79. The summed E-state index contributed by atoms with van der Waals surface area (Å²) in [7, 11) is 0. The summed E-state index contributed by atoms with van der Waals surface area (Å²) in [4.78, 5) is 14.9. The Morgan fingerprint density at radius 2 is 2.12 bits per heavy atom. The zero-order valence-electron chi connectivity index (χ0n) is 8.16. The molecule has 5 nitrogen and oxygen atoms in total. The highest BCUT2D eigenvalue weighted by atomic mass is 32.2. The molecule has 0 aliphatic rings. The molecule has 1 N–H and O–H groups in total. The second kappa shape index (κ2) is 4.80. The van der Waals surface area contributed by atoms with E-state index in [-0.39, 0.29) is 0 Å². The maximum atomic E-state index is 11.0. The van der Waals surface area contributed by atoms with E-state index >= 15 is 0 Å². The molecule has 6 heteroatoms. The minimum Gasteiger partial charge on any atom is -0.549 e. The monoisotopic (exact) mass is 234 g/mol. The molecule has 16 heavy (non-hydrogen) atoms. The molecular weight excluding hydrogens is 226 g/mol. The van der Waals surface area contributed by atoms with Gasteiger partial charge in [0.05, 0.1) is 11.2 Å². The van der Waals surface area contributed by atoms with Gasteiger partial charge in [-0.3, -0.25) is 5.10 Å². The maximum absolute atomic E-state index is 11.0. The lowest BCUT2D eigenvalue weighted by molar-refractivity contribution is -0.305. The molecule has 0 fully saturated rings. The van der Waals surface area contributed by atoms with Crippen molar-refractivity contribution in [1.29, 1.82) is 0 Å². The summed E-state index contributed by atoms with van der Waals surface area (Å²) in [5, 5.41) is 17.0. The smallest absolute Gasteiger partial charge is 0.184 e. The molecule has 1 aromatic heterocycles. The Bertz CT molecular complexity index is 458. The van der Waals surface area contributed by atoms with E-state index in [1.54, 1.807) is 24.3 Å². The Hall–Kier alpha value is -1.82. The highest BCUT2D eigenvalue weighted by molar-refractivity contribution is 8.00. The van der Waals surface area contributed by atoms with Gasteiger partial charge in [0.25, 0.3) is 0 Å². The molecule has 1 aromatic carbocycles. The molecule has 1 heterocycles. The molecule has 0 bridgehead atoms. The number of carbonyl (C=O) groups is 1. The van der Waals surface area contributed by atoms with Crippen LogP contribution < -0.4 is 5.11 Å². The first-order valence-corrected chi connectivity index (χ1v) is 5.43. The lowest BCUT2D eigenvalue weighted by atomic mass is 10.1. The Kier molecular flexibility index (Phi) is 3.21. The largest absolute Gasteiger partial charge is 0.549 e. The standard InChI is InChI=1S/C10H9N3O2S/c14-9(15)8(7-4-2-1-3-5-7)16-10-11-6-12-13-10/h1-6,8H,(H,14,15)(H,11,12,13)/p-1/t8-/m0/s1. The van der Waals surface area contributed by atoms with Gasteiger partial charge in [0.1, 0.15) is 6.33 Å². The minimum atomic E-state index is -1.15. The lowest BCUT2D eigenvalue weighted by Gasteiger charge is -2.16. The predicted molar refractivity (Wildman–Crippen MR) is 56.4 cm³/mol. The van der Waals surface area contributed by atoms with Gasteiger partial charge in [-0.1, -0.05) is 42.1 Å². The number of hydrogen-bond donors (Lipinski definition) is 1. The number of rotatable bonds is 4. The molecule has 0 radical (unpaired) electrons. The van der Waals surface area contributed by atoms with Crippen LogP contribution in [0.2, 0.25) is 0 Å². The number of carboxylic acids is 1. The van der Waals surface area contributed by atoms with E-state index in [1.807, 2.05) is 6.07 Å². The molecular formula is C10H8N3O2S-. The van der Waals surface area contributed by atoms with Gasteiger partial charge in [0.2, 0.25) is 0 Å². The van der Waals surface area contributed by atoms with Crippen molar-refractivity contribution in [2.75, 3.05) is 0 Å². The van der Waals surface area contributed by atoms with Crippen molar-refractivity contribution in [2.45, 2.75) is 10.4 Å². The van der Waals surface area contributed by atoms with Gasteiger partial charge in [-0.15, -0.1) is 0 Å². The summed E-state index contributed by atoms with van der Waals surface area (Å²) in [6.45, 7) is 0. The molecule has 2 aromatic rings. The van der Waals surface area contributed by atoms with Crippen molar-refractivity contribution >= 4 is 17.7 Å². The van der Waals surface area contributed by atoms with Crippen molar-refractivity contribution < 1.29 is 9.90 Å². The zero-order chi connectivity index (χ0) is 11.4. The minimum absolute atomic E-state index is 0.457. The maximum Gasteiger partial charge on any atom is 0.184 e. The van der Waals surface area contributed by atoms with Crippen molar-refractivity contribution in [3.05, 3.63) is 42.2 Å². The molecule has 0 saturated carbocycles. The number of H-pyrrole nitrogens is 1. The average molecular weight is 234 g/mol. The van der Waals surface area contributed by atoms with Gasteiger partial charge in [-0.25, -0.2) is 4.98 Å². The van der Waals surface area contributed by atoms with E-state index in [9.17, 15) is 9.90 Å². The van der Waals surface area contributed by atoms with Gasteiger partial charge in [-0.2, -0.15) is 5.10 Å². The highest BCUT2D eigenvalue weighted by Gasteiger charge is 2.15. The van der Waals surface area contributed by atoms with Gasteiger partial charge in [-0.05, 0) is 5.56 Å². The summed E-state index contributed by atoms with van der Waals surface area (Å²) >= 11 is 1.07. The normalized spacial score (nSPS) is 12.2. The van der Waals surface area contributed by atoms with Crippen LogP contribution in [0.3, 0.4) is 0 Å². The van der Waals surface area contributed by atoms with E-state index in [0.717, 1.165) is 11.8 Å². The number of thioether (sulfide) groups is 1. The van der Waals surface area contributed by atoms with E-state index in [0.29, 0.717) is 10.7 Å². The van der Waals surface area contributed by atoms with Gasteiger partial charge in [0, 0.05) is 0 Å². The molecule has 2 rings (SSSR count). The van der Waals surface area contributed by atoms with Crippen molar-refractivity contribution in [1.82, 2.24) is 15.2 Å². The molecule has 0 aliphatic heterocycles. The van der Waals surface area contributed by atoms with Crippen LogP contribution in [0.15, 0.2) is 41.8 Å². The third-order valence-corrected chi connectivity index (χ3v) is 3.06. The number of benzene rings is 1. The number of carbonyl (C=O) groups excluding carboxylic acids is 1. The quantitative estimate of drug-likeness (QED) is 0.774. The predicted octanol–water partition coefficient (Wildman–Crippen LogP) is 0.388. The Balaban J connectivity index is 2.22. The van der Waals surface area contributed by atoms with Crippen LogP contribution in [0.5, 0.6) is 0 Å². The first kappa shape index (κ1) is 10.7. The van der Waals surface area contributed by atoms with Crippen LogP contribution in [-0.2, 0) is 4.79 Å². The Labute approximate surface area is 95.9 Å². The second-order valence-electron chi connectivity index (χ2n) is 3.02. The molecule has 0 amide bonds. The number of aromatic amines is 1. The van der Waals surface area contributed by atoms with Gasteiger partial charge < -0.3 is 9.90 Å². The fraction of sp³-hybridized carbons (Fsp3) is 0.100. The number of carboxylic acid groups (broad SMARTS) is 1. The molecule has 82 valence electrons. The first-order chi connectivity index (χ1) is 7.77. The lowest BCUT2D eigenvalue weighted by Crippen LogP contribution is -2.28. The molecule has 0 aliphatic carbocycles. The summed E-state index contributed by atoms with van der Waals surface area (Å²) < 4.78 is 0. The topological polar surface area (TPSA) is 81.7 Å². The number of aromatic nitrogens is 3. The summed E-state index contributed by atoms with van der Waals surface area (Å²) in [6, 6.07) is 8.88. The summed E-state index contributed by atoms with van der Waals surface area (Å²) in [5.74, 6) is -1.15. The van der Waals surface area contributed by atoms with E-state index in [2.05, 4.69) is 15.2 Å². The van der Waals surface area contributed by atoms with Crippen molar-refractivity contribution in [2.24, 2.45) is 0 Å². The van der Waals surface area contributed by atoms with Crippen LogP contribution in [0.25, 0.3) is 0 Å². The Morgan fingerprint density at radius 1 is 1.38 bits per heavy atom. The number of aliphatic carboxylic acids is 1. The van der Waals surface area contributed by atoms with E-state index in [4.69, 9.17) is 0 Å². The third kappa shape index (κ3) is 2.40. The first-order valence-electron chi connectivity index (χ1n) is 4.55. The van der Waals surface area contributed by atoms with Crippen LogP contribution in [-0.4, -0.2) is 21.2 Å². The number of nitrogens with one attached hydrogen (secondary N) is 1. The van der Waals surface area contributed by atoms with Gasteiger partial charge in [0.15, 0.2) is 5.16 Å². The molecule has 1 atom stereocenters. The second-order valence-corrected chi connectivity index (χ2v) is 4.11. The Morgan fingerprint density at radius 3 is 2.69 bits per heavy atom. The van der Waals surface area contributed by atoms with Crippen LogP contribution in [0, 0.1) is 0 Å². The van der Waals surface area contributed by atoms with Crippen LogP contribution >= 0.6 is 11.8 Å². The number of hydrogen-bond acceptors (Lipinski definition) is 5. The fourth-order valence-corrected chi connectivity index (χ4v) is 2.07. The van der Waals surface area contributed by atoms with Crippen LogP contribution in [0.4, 0.5) is 0 Å².